The Hall–Kier alpha value is -1.35. The van der Waals surface area contributed by atoms with Crippen LogP contribution in [0.1, 0.15) is 17.5 Å². The van der Waals surface area contributed by atoms with E-state index in [0.29, 0.717) is 6.42 Å². The number of benzene rings is 1. The Balaban J connectivity index is 2.34. The molecule has 1 rings (SSSR count). The van der Waals surface area contributed by atoms with Crippen LogP contribution in [-0.2, 0) is 11.2 Å². The number of aryl methyl sites for hydroxylation is 1. The van der Waals surface area contributed by atoms with Gasteiger partial charge in [0.1, 0.15) is 0 Å². The lowest BCUT2D eigenvalue weighted by atomic mass is 10.1. The highest BCUT2D eigenvalue weighted by Crippen LogP contribution is 2.04. The smallest absolute Gasteiger partial charge is 0.223 e. The molecule has 0 aliphatic carbocycles. The number of likely N-dealkylation sites (N-methyl/N-ethyl adjacent to an activating group) is 1. The van der Waals surface area contributed by atoms with Gasteiger partial charge in [-0.1, -0.05) is 29.8 Å². The predicted molar refractivity (Wildman–Crippen MR) is 71.1 cm³/mol. The van der Waals surface area contributed by atoms with Gasteiger partial charge in [0.25, 0.3) is 0 Å². The van der Waals surface area contributed by atoms with Crippen LogP contribution in [0.3, 0.4) is 0 Å². The molecule has 1 amide bonds. The van der Waals surface area contributed by atoms with E-state index in [9.17, 15) is 4.79 Å². The van der Waals surface area contributed by atoms with Crippen LogP contribution in [0.25, 0.3) is 0 Å². The van der Waals surface area contributed by atoms with Crippen molar-refractivity contribution < 1.29 is 4.79 Å². The van der Waals surface area contributed by atoms with E-state index in [2.05, 4.69) is 36.5 Å². The Morgan fingerprint density at radius 3 is 2.53 bits per heavy atom. The summed E-state index contributed by atoms with van der Waals surface area (Å²) in [6.07, 6.45) is 1.49. The van der Waals surface area contributed by atoms with E-state index in [0.717, 1.165) is 19.5 Å². The first-order valence-corrected chi connectivity index (χ1v) is 6.07. The summed E-state index contributed by atoms with van der Waals surface area (Å²) in [6, 6.07) is 8.47. The number of hydrogen-bond acceptors (Lipinski definition) is 2. The summed E-state index contributed by atoms with van der Waals surface area (Å²) in [5, 5.41) is 2.99. The van der Waals surface area contributed by atoms with Gasteiger partial charge in [-0.2, -0.15) is 0 Å². The third kappa shape index (κ3) is 5.00. The van der Waals surface area contributed by atoms with Gasteiger partial charge in [-0.15, -0.1) is 0 Å². The Morgan fingerprint density at radius 2 is 1.94 bits per heavy atom. The number of rotatable bonds is 6. The van der Waals surface area contributed by atoms with E-state index in [-0.39, 0.29) is 5.91 Å². The van der Waals surface area contributed by atoms with Crippen LogP contribution < -0.4 is 5.32 Å². The van der Waals surface area contributed by atoms with E-state index in [4.69, 9.17) is 0 Å². The van der Waals surface area contributed by atoms with Crippen LogP contribution in [0.5, 0.6) is 0 Å². The van der Waals surface area contributed by atoms with Gasteiger partial charge in [-0.3, -0.25) is 4.79 Å². The van der Waals surface area contributed by atoms with Crippen LogP contribution in [0, 0.1) is 6.92 Å². The molecule has 0 atom stereocenters. The SMILES string of the molecule is CNCCC(=O)N(C)CCc1ccc(C)cc1. The lowest BCUT2D eigenvalue weighted by molar-refractivity contribution is -0.129. The highest BCUT2D eigenvalue weighted by atomic mass is 16.2. The third-order valence-corrected chi connectivity index (χ3v) is 2.87. The molecular formula is C14H22N2O. The van der Waals surface area contributed by atoms with Crippen molar-refractivity contribution in [3.05, 3.63) is 35.4 Å². The van der Waals surface area contributed by atoms with Crippen molar-refractivity contribution in [3.8, 4) is 0 Å². The number of nitrogens with one attached hydrogen (secondary N) is 1. The van der Waals surface area contributed by atoms with Crippen LogP contribution in [0.15, 0.2) is 24.3 Å². The monoisotopic (exact) mass is 234 g/mol. The molecule has 3 heteroatoms. The van der Waals surface area contributed by atoms with Gasteiger partial charge >= 0.3 is 0 Å². The first-order chi connectivity index (χ1) is 8.13. The Morgan fingerprint density at radius 1 is 1.29 bits per heavy atom. The fourth-order valence-corrected chi connectivity index (χ4v) is 1.60. The van der Waals surface area contributed by atoms with Gasteiger partial charge in [0.05, 0.1) is 0 Å². The van der Waals surface area contributed by atoms with Crippen LogP contribution >= 0.6 is 0 Å². The Labute approximate surface area is 104 Å². The second-order valence-corrected chi connectivity index (χ2v) is 4.40. The molecule has 0 spiro atoms. The zero-order valence-corrected chi connectivity index (χ0v) is 11.0. The minimum atomic E-state index is 0.200. The maximum absolute atomic E-state index is 11.7. The summed E-state index contributed by atoms with van der Waals surface area (Å²) in [7, 11) is 3.73. The molecule has 0 bridgehead atoms. The molecule has 1 aromatic carbocycles. The first kappa shape index (κ1) is 13.7. The lowest BCUT2D eigenvalue weighted by Gasteiger charge is -2.17. The summed E-state index contributed by atoms with van der Waals surface area (Å²) in [5.41, 5.74) is 2.55. The largest absolute Gasteiger partial charge is 0.345 e. The molecule has 0 aliphatic rings. The number of carbonyl (C=O) groups is 1. The summed E-state index contributed by atoms with van der Waals surface area (Å²) >= 11 is 0. The maximum atomic E-state index is 11.7. The molecule has 0 radical (unpaired) electrons. The number of carbonyl (C=O) groups excluding carboxylic acids is 1. The van der Waals surface area contributed by atoms with Crippen LogP contribution in [0.4, 0.5) is 0 Å². The van der Waals surface area contributed by atoms with Gasteiger partial charge in [0, 0.05) is 26.6 Å². The number of nitrogens with zero attached hydrogens (tertiary/aromatic N) is 1. The molecule has 0 aliphatic heterocycles. The fraction of sp³-hybridized carbons (Fsp3) is 0.500. The van der Waals surface area contributed by atoms with E-state index >= 15 is 0 Å². The quantitative estimate of drug-likeness (QED) is 0.811. The van der Waals surface area contributed by atoms with Gasteiger partial charge < -0.3 is 10.2 Å². The minimum Gasteiger partial charge on any atom is -0.345 e. The molecule has 0 heterocycles. The van der Waals surface area contributed by atoms with Gasteiger partial charge in [-0.25, -0.2) is 0 Å². The average molecular weight is 234 g/mol. The van der Waals surface area contributed by atoms with E-state index in [1.165, 1.54) is 11.1 Å². The lowest BCUT2D eigenvalue weighted by Crippen LogP contribution is -2.30. The zero-order chi connectivity index (χ0) is 12.7. The number of hydrogen-bond donors (Lipinski definition) is 1. The molecule has 17 heavy (non-hydrogen) atoms. The van der Waals surface area contributed by atoms with Crippen LogP contribution in [-0.4, -0.2) is 38.0 Å². The van der Waals surface area contributed by atoms with Crippen molar-refractivity contribution in [2.24, 2.45) is 0 Å². The second kappa shape index (κ2) is 7.07. The van der Waals surface area contributed by atoms with Crippen molar-refractivity contribution in [1.29, 1.82) is 0 Å². The molecule has 94 valence electrons. The molecule has 1 N–H and O–H groups in total. The third-order valence-electron chi connectivity index (χ3n) is 2.87. The first-order valence-electron chi connectivity index (χ1n) is 6.07. The van der Waals surface area contributed by atoms with E-state index < -0.39 is 0 Å². The summed E-state index contributed by atoms with van der Waals surface area (Å²) in [4.78, 5) is 13.5. The molecule has 0 saturated heterocycles. The minimum absolute atomic E-state index is 0.200. The van der Waals surface area contributed by atoms with Crippen molar-refractivity contribution in [2.75, 3.05) is 27.2 Å². The zero-order valence-electron chi connectivity index (χ0n) is 11.0. The maximum Gasteiger partial charge on any atom is 0.223 e. The molecular weight excluding hydrogens is 212 g/mol. The average Bonchev–Trinajstić information content (AvgIpc) is 2.34. The van der Waals surface area contributed by atoms with Crippen molar-refractivity contribution in [3.63, 3.8) is 0 Å². The highest BCUT2D eigenvalue weighted by Gasteiger charge is 2.07. The summed E-state index contributed by atoms with van der Waals surface area (Å²) in [6.45, 7) is 3.61. The van der Waals surface area contributed by atoms with E-state index in [1.54, 1.807) is 4.90 Å². The normalized spacial score (nSPS) is 10.3. The molecule has 0 unspecified atom stereocenters. The standard InChI is InChI=1S/C14H22N2O/c1-12-4-6-13(7-5-12)9-11-16(3)14(17)8-10-15-2/h4-7,15H,8-11H2,1-3H3. The predicted octanol–water partition coefficient (Wildman–Crippen LogP) is 1.61. The van der Waals surface area contributed by atoms with Crippen molar-refractivity contribution in [1.82, 2.24) is 10.2 Å². The number of amides is 1. The Bertz CT molecular complexity index is 346. The van der Waals surface area contributed by atoms with Crippen LogP contribution in [0.2, 0.25) is 0 Å². The molecule has 0 aromatic heterocycles. The van der Waals surface area contributed by atoms with E-state index in [1.807, 2.05) is 14.1 Å². The molecule has 0 fully saturated rings. The van der Waals surface area contributed by atoms with Gasteiger partial charge in [-0.05, 0) is 26.0 Å². The second-order valence-electron chi connectivity index (χ2n) is 4.40. The summed E-state index contributed by atoms with van der Waals surface area (Å²) < 4.78 is 0. The molecule has 1 aromatic rings. The topological polar surface area (TPSA) is 32.3 Å². The van der Waals surface area contributed by atoms with Gasteiger partial charge in [0.2, 0.25) is 5.91 Å². The van der Waals surface area contributed by atoms with Gasteiger partial charge in [0.15, 0.2) is 0 Å². The van der Waals surface area contributed by atoms with Crippen molar-refractivity contribution >= 4 is 5.91 Å². The highest BCUT2D eigenvalue weighted by molar-refractivity contribution is 5.76. The fourth-order valence-electron chi connectivity index (χ4n) is 1.60. The molecule has 3 nitrogen and oxygen atoms in total. The summed E-state index contributed by atoms with van der Waals surface area (Å²) in [5.74, 6) is 0.200. The molecule has 0 saturated carbocycles. The van der Waals surface area contributed by atoms with Crippen molar-refractivity contribution in [2.45, 2.75) is 19.8 Å². The Kier molecular flexibility index (Phi) is 5.70.